The Balaban J connectivity index is 1.46. The minimum atomic E-state index is 0.454. The molecular formula is C17H17N3O2. The summed E-state index contributed by atoms with van der Waals surface area (Å²) >= 11 is 0. The normalized spacial score (nSPS) is 32.6. The second-order valence-electron chi connectivity index (χ2n) is 6.63. The van der Waals surface area contributed by atoms with Crippen LogP contribution in [-0.2, 0) is 4.74 Å². The standard InChI is InChI=1S/C17H17N3O2/c21-9-10-1-2-14-11(5-10)6-18-17(19-14)20-7-12-13(8-20)16-4-3-15(12)22-16/h1-2,5-6,9,12-13,15-16H,3-4,7-8H2/t12-,13+,15?,16?. The number of rotatable bonds is 2. The maximum atomic E-state index is 10.8. The third-order valence-electron chi connectivity index (χ3n) is 5.46. The van der Waals surface area contributed by atoms with E-state index in [2.05, 4.69) is 14.9 Å². The van der Waals surface area contributed by atoms with E-state index in [1.807, 2.05) is 18.3 Å². The molecule has 3 fully saturated rings. The van der Waals surface area contributed by atoms with Gasteiger partial charge in [0.15, 0.2) is 0 Å². The summed E-state index contributed by atoms with van der Waals surface area (Å²) in [6.45, 7) is 2.01. The lowest BCUT2D eigenvalue weighted by atomic mass is 9.82. The van der Waals surface area contributed by atoms with Crippen molar-refractivity contribution in [3.8, 4) is 0 Å². The third kappa shape index (κ3) is 1.72. The van der Waals surface area contributed by atoms with Gasteiger partial charge in [0.1, 0.15) is 6.29 Å². The Morgan fingerprint density at radius 2 is 1.95 bits per heavy atom. The Morgan fingerprint density at radius 3 is 2.68 bits per heavy atom. The second-order valence-corrected chi connectivity index (χ2v) is 6.63. The van der Waals surface area contributed by atoms with Gasteiger partial charge in [-0.15, -0.1) is 0 Å². The molecule has 0 saturated carbocycles. The van der Waals surface area contributed by atoms with Crippen LogP contribution in [0.1, 0.15) is 23.2 Å². The lowest BCUT2D eigenvalue weighted by Crippen LogP contribution is -2.26. The summed E-state index contributed by atoms with van der Waals surface area (Å²) < 4.78 is 6.02. The van der Waals surface area contributed by atoms with Crippen LogP contribution in [0.2, 0.25) is 0 Å². The van der Waals surface area contributed by atoms with E-state index in [1.165, 1.54) is 12.8 Å². The number of hydrogen-bond donors (Lipinski definition) is 0. The summed E-state index contributed by atoms with van der Waals surface area (Å²) in [6.07, 6.45) is 6.01. The van der Waals surface area contributed by atoms with Crippen molar-refractivity contribution in [3.05, 3.63) is 30.0 Å². The molecule has 4 atom stereocenters. The van der Waals surface area contributed by atoms with Gasteiger partial charge in [-0.1, -0.05) is 0 Å². The van der Waals surface area contributed by atoms with Gasteiger partial charge in [-0.05, 0) is 31.0 Å². The molecule has 2 bridgehead atoms. The number of carbonyl (C=O) groups excluding carboxylic acids is 1. The molecule has 3 saturated heterocycles. The molecule has 5 rings (SSSR count). The zero-order valence-corrected chi connectivity index (χ0v) is 12.2. The van der Waals surface area contributed by atoms with Crippen LogP contribution >= 0.6 is 0 Å². The van der Waals surface area contributed by atoms with Crippen LogP contribution in [0.5, 0.6) is 0 Å². The first-order valence-corrected chi connectivity index (χ1v) is 7.94. The van der Waals surface area contributed by atoms with Crippen LogP contribution in [0, 0.1) is 11.8 Å². The van der Waals surface area contributed by atoms with Crippen molar-refractivity contribution < 1.29 is 9.53 Å². The van der Waals surface area contributed by atoms with Gasteiger partial charge in [0.25, 0.3) is 0 Å². The van der Waals surface area contributed by atoms with E-state index in [0.29, 0.717) is 29.6 Å². The van der Waals surface area contributed by atoms with E-state index in [1.54, 1.807) is 6.07 Å². The fraction of sp³-hybridized carbons (Fsp3) is 0.471. The van der Waals surface area contributed by atoms with Crippen molar-refractivity contribution in [2.45, 2.75) is 25.0 Å². The molecule has 0 spiro atoms. The van der Waals surface area contributed by atoms with Crippen LogP contribution in [-0.4, -0.2) is 41.6 Å². The molecule has 1 aromatic carbocycles. The summed E-state index contributed by atoms with van der Waals surface area (Å²) in [5, 5.41) is 0.913. The molecule has 0 N–H and O–H groups in total. The number of anilines is 1. The lowest BCUT2D eigenvalue weighted by molar-refractivity contribution is 0.0849. The molecule has 2 aromatic rings. The monoisotopic (exact) mass is 295 g/mol. The van der Waals surface area contributed by atoms with E-state index in [9.17, 15) is 4.79 Å². The van der Waals surface area contributed by atoms with Crippen molar-refractivity contribution in [2.75, 3.05) is 18.0 Å². The van der Waals surface area contributed by atoms with Crippen molar-refractivity contribution >= 4 is 23.1 Å². The van der Waals surface area contributed by atoms with Gasteiger partial charge in [0, 0.05) is 42.1 Å². The number of aldehydes is 1. The molecule has 0 aliphatic carbocycles. The molecule has 22 heavy (non-hydrogen) atoms. The van der Waals surface area contributed by atoms with Crippen LogP contribution in [0.3, 0.4) is 0 Å². The van der Waals surface area contributed by atoms with Gasteiger partial charge >= 0.3 is 0 Å². The second kappa shape index (κ2) is 4.49. The van der Waals surface area contributed by atoms with E-state index < -0.39 is 0 Å². The summed E-state index contributed by atoms with van der Waals surface area (Å²) in [5.41, 5.74) is 1.56. The quantitative estimate of drug-likeness (QED) is 0.794. The minimum absolute atomic E-state index is 0.454. The fourth-order valence-corrected chi connectivity index (χ4v) is 4.39. The number of ether oxygens (including phenoxy) is 1. The van der Waals surface area contributed by atoms with Gasteiger partial charge in [0.2, 0.25) is 5.95 Å². The Morgan fingerprint density at radius 1 is 1.18 bits per heavy atom. The first kappa shape index (κ1) is 12.5. The number of aromatic nitrogens is 2. The summed E-state index contributed by atoms with van der Waals surface area (Å²) in [6, 6.07) is 5.53. The summed E-state index contributed by atoms with van der Waals surface area (Å²) in [4.78, 5) is 22.4. The predicted molar refractivity (Wildman–Crippen MR) is 82.0 cm³/mol. The SMILES string of the molecule is O=Cc1ccc2nc(N3C[C@@H]4C5CCC(O5)[C@@H]4C3)ncc2c1. The zero-order valence-electron chi connectivity index (χ0n) is 12.2. The Bertz CT molecular complexity index is 745. The van der Waals surface area contributed by atoms with E-state index in [4.69, 9.17) is 4.74 Å². The lowest BCUT2D eigenvalue weighted by Gasteiger charge is -2.18. The van der Waals surface area contributed by atoms with E-state index >= 15 is 0 Å². The highest BCUT2D eigenvalue weighted by Crippen LogP contribution is 2.47. The molecule has 4 heterocycles. The van der Waals surface area contributed by atoms with Crippen molar-refractivity contribution in [2.24, 2.45) is 11.8 Å². The van der Waals surface area contributed by atoms with E-state index in [-0.39, 0.29) is 0 Å². The van der Waals surface area contributed by atoms with Crippen LogP contribution in [0.15, 0.2) is 24.4 Å². The first-order valence-electron chi connectivity index (χ1n) is 7.94. The summed E-state index contributed by atoms with van der Waals surface area (Å²) in [5.74, 6) is 2.10. The number of nitrogens with zero attached hydrogens (tertiary/aromatic N) is 3. The van der Waals surface area contributed by atoms with Crippen LogP contribution in [0.25, 0.3) is 10.9 Å². The number of benzene rings is 1. The molecular weight excluding hydrogens is 278 g/mol. The zero-order chi connectivity index (χ0) is 14.7. The molecule has 3 aliphatic heterocycles. The number of fused-ring (bicyclic) bond motifs is 6. The van der Waals surface area contributed by atoms with Crippen LogP contribution < -0.4 is 4.90 Å². The Labute approximate surface area is 128 Å². The van der Waals surface area contributed by atoms with Crippen molar-refractivity contribution in [3.63, 3.8) is 0 Å². The molecule has 0 amide bonds. The molecule has 112 valence electrons. The van der Waals surface area contributed by atoms with Gasteiger partial charge in [0.05, 0.1) is 17.7 Å². The maximum Gasteiger partial charge on any atom is 0.225 e. The third-order valence-corrected chi connectivity index (χ3v) is 5.46. The topological polar surface area (TPSA) is 55.3 Å². The van der Waals surface area contributed by atoms with E-state index in [0.717, 1.165) is 36.2 Å². The average molecular weight is 295 g/mol. The molecule has 2 unspecified atom stereocenters. The first-order chi connectivity index (χ1) is 10.8. The van der Waals surface area contributed by atoms with Gasteiger partial charge in [-0.2, -0.15) is 0 Å². The molecule has 5 nitrogen and oxygen atoms in total. The minimum Gasteiger partial charge on any atom is -0.374 e. The van der Waals surface area contributed by atoms with Crippen molar-refractivity contribution in [1.29, 1.82) is 0 Å². The van der Waals surface area contributed by atoms with Gasteiger partial charge in [-0.3, -0.25) is 4.79 Å². The van der Waals surface area contributed by atoms with Gasteiger partial charge < -0.3 is 9.64 Å². The molecule has 3 aliphatic rings. The van der Waals surface area contributed by atoms with Gasteiger partial charge in [-0.25, -0.2) is 9.97 Å². The van der Waals surface area contributed by atoms with Crippen molar-refractivity contribution in [1.82, 2.24) is 9.97 Å². The highest BCUT2D eigenvalue weighted by molar-refractivity contribution is 5.86. The predicted octanol–water partition coefficient (Wildman–Crippen LogP) is 2.06. The highest BCUT2D eigenvalue weighted by atomic mass is 16.5. The molecule has 1 aromatic heterocycles. The summed E-state index contributed by atoms with van der Waals surface area (Å²) in [7, 11) is 0. The van der Waals surface area contributed by atoms with Crippen LogP contribution in [0.4, 0.5) is 5.95 Å². The fourth-order valence-electron chi connectivity index (χ4n) is 4.39. The Hall–Kier alpha value is -2.01. The number of carbonyl (C=O) groups is 1. The largest absolute Gasteiger partial charge is 0.374 e. The average Bonchev–Trinajstić information content (AvgIpc) is 3.26. The smallest absolute Gasteiger partial charge is 0.225 e. The maximum absolute atomic E-state index is 10.8. The number of hydrogen-bond acceptors (Lipinski definition) is 5. The molecule has 5 heteroatoms. The Kier molecular flexibility index (Phi) is 2.56. The highest BCUT2D eigenvalue weighted by Gasteiger charge is 2.53. The molecule has 0 radical (unpaired) electrons.